The predicted octanol–water partition coefficient (Wildman–Crippen LogP) is 11.2. The van der Waals surface area contributed by atoms with Crippen LogP contribution in [0.4, 0.5) is 0 Å². The minimum absolute atomic E-state index is 0. The topological polar surface area (TPSA) is 48.2 Å². The molecular formula is C42H34IrN2O2-2. The number of ether oxygens (including phenoxy) is 1. The van der Waals surface area contributed by atoms with Crippen LogP contribution in [0.3, 0.4) is 0 Å². The summed E-state index contributed by atoms with van der Waals surface area (Å²) in [5.74, 6) is 2.28. The summed E-state index contributed by atoms with van der Waals surface area (Å²) in [4.78, 5) is 8.78. The van der Waals surface area contributed by atoms with E-state index in [1.165, 1.54) is 6.20 Å². The number of hydrogen-bond donors (Lipinski definition) is 0. The van der Waals surface area contributed by atoms with E-state index in [1.54, 1.807) is 39.1 Å². The molecule has 0 N–H and O–H groups in total. The molecule has 0 fully saturated rings. The Kier molecular flexibility index (Phi) is 7.54. The summed E-state index contributed by atoms with van der Waals surface area (Å²) in [6.45, 7) is 2.85. The maximum atomic E-state index is 8.48. The van der Waals surface area contributed by atoms with Crippen molar-refractivity contribution in [2.75, 3.05) is 0 Å². The number of para-hydroxylation sites is 1. The molecule has 4 aromatic carbocycles. The third kappa shape index (κ3) is 6.83. The van der Waals surface area contributed by atoms with E-state index in [2.05, 4.69) is 40.3 Å². The number of pyridine rings is 2. The van der Waals surface area contributed by atoms with Gasteiger partial charge in [0.1, 0.15) is 5.75 Å². The Bertz CT molecular complexity index is 2350. The predicted molar refractivity (Wildman–Crippen MR) is 186 cm³/mol. The van der Waals surface area contributed by atoms with Crippen LogP contribution in [-0.4, -0.2) is 9.97 Å². The van der Waals surface area contributed by atoms with Gasteiger partial charge in [0, 0.05) is 44.3 Å². The van der Waals surface area contributed by atoms with Crippen LogP contribution in [0.25, 0.3) is 55.9 Å². The van der Waals surface area contributed by atoms with Crippen LogP contribution in [0, 0.1) is 24.4 Å². The third-order valence-corrected chi connectivity index (χ3v) is 7.47. The molecule has 235 valence electrons. The van der Waals surface area contributed by atoms with Crippen molar-refractivity contribution in [2.24, 2.45) is 5.41 Å². The van der Waals surface area contributed by atoms with Gasteiger partial charge in [-0.1, -0.05) is 80.9 Å². The van der Waals surface area contributed by atoms with Crippen molar-refractivity contribution in [2.45, 2.75) is 34.0 Å². The number of benzene rings is 4. The summed E-state index contributed by atoms with van der Waals surface area (Å²) in [6.07, 6.45) is 1.21. The minimum atomic E-state index is -2.42. The van der Waals surface area contributed by atoms with Crippen molar-refractivity contribution in [1.82, 2.24) is 9.97 Å². The van der Waals surface area contributed by atoms with E-state index in [-0.39, 0.29) is 31.2 Å². The molecule has 3 aromatic heterocycles. The van der Waals surface area contributed by atoms with Gasteiger partial charge in [-0.15, -0.1) is 71.8 Å². The van der Waals surface area contributed by atoms with Crippen LogP contribution >= 0.6 is 0 Å². The van der Waals surface area contributed by atoms with Crippen LogP contribution in [0.1, 0.15) is 38.8 Å². The summed E-state index contributed by atoms with van der Waals surface area (Å²) in [7, 11) is 0. The summed E-state index contributed by atoms with van der Waals surface area (Å²) in [5, 5.41) is 0.906. The van der Waals surface area contributed by atoms with E-state index in [0.717, 1.165) is 50.6 Å². The maximum absolute atomic E-state index is 8.48. The fourth-order valence-electron chi connectivity index (χ4n) is 5.43. The van der Waals surface area contributed by atoms with Crippen LogP contribution < -0.4 is 4.74 Å². The quantitative estimate of drug-likeness (QED) is 0.167. The molecule has 47 heavy (non-hydrogen) atoms. The van der Waals surface area contributed by atoms with Gasteiger partial charge in [0.2, 0.25) is 0 Å². The Balaban J connectivity index is 0.000000179. The number of nitrogens with zero attached hydrogens (tertiary/aromatic N) is 2. The van der Waals surface area contributed by atoms with Crippen molar-refractivity contribution in [3.8, 4) is 56.5 Å². The monoisotopic (exact) mass is 796 g/mol. The molecule has 1 aliphatic rings. The SMILES string of the molecule is [2H]C([2H])([2H])c1cnc(-c2[c-]cccc2)cc1C([2H])([2H])C(C)(C)C.[Ir].[c-]1ccccc1-c1cc2c3c(oc2cn1)-c1ccccc1-c1ccccc1O3. The van der Waals surface area contributed by atoms with E-state index in [1.807, 2.05) is 78.9 Å². The normalized spacial score (nSPS) is 13.6. The van der Waals surface area contributed by atoms with Crippen molar-refractivity contribution in [1.29, 1.82) is 0 Å². The second kappa shape index (κ2) is 13.5. The Morgan fingerprint density at radius 2 is 1.36 bits per heavy atom. The second-order valence-electron chi connectivity index (χ2n) is 12.0. The molecule has 1 radical (unpaired) electrons. The summed E-state index contributed by atoms with van der Waals surface area (Å²) >= 11 is 0. The molecule has 1 aliphatic heterocycles. The number of hydrogen-bond acceptors (Lipinski definition) is 4. The standard InChI is InChI=1S/C25H14NO2.C17H20N.Ir/c1-2-8-16(9-3-1)21-14-20-23(15-26-21)28-24-19-12-5-4-10-17(19)18-11-6-7-13-22(18)27-25(20)24;1-13-12-18-16(14-8-6-5-7-9-14)10-15(13)11-17(2,3)4;/h1-8,10-15H;5-8,10,12H,11H2,1-4H3;/q2*-1;/i;1D3,11D2;. The van der Waals surface area contributed by atoms with Gasteiger partial charge >= 0.3 is 0 Å². The Morgan fingerprint density at radius 3 is 2.02 bits per heavy atom. The van der Waals surface area contributed by atoms with Crippen molar-refractivity contribution >= 4 is 11.0 Å². The molecule has 0 unspecified atom stereocenters. The van der Waals surface area contributed by atoms with Crippen LogP contribution in [0.5, 0.6) is 11.5 Å². The fourth-order valence-corrected chi connectivity index (χ4v) is 5.43. The first-order valence-corrected chi connectivity index (χ1v) is 15.1. The van der Waals surface area contributed by atoms with Gasteiger partial charge in [-0.3, -0.25) is 0 Å². The molecule has 0 saturated heterocycles. The van der Waals surface area contributed by atoms with E-state index in [4.69, 9.17) is 16.0 Å². The first-order valence-electron chi connectivity index (χ1n) is 17.6. The van der Waals surface area contributed by atoms with Crippen LogP contribution in [-0.2, 0) is 26.5 Å². The molecule has 0 spiro atoms. The average Bonchev–Trinajstić information content (AvgIpc) is 3.42. The molecule has 4 nitrogen and oxygen atoms in total. The van der Waals surface area contributed by atoms with E-state index in [9.17, 15) is 0 Å². The molecule has 0 atom stereocenters. The van der Waals surface area contributed by atoms with Crippen molar-refractivity contribution in [3.63, 3.8) is 0 Å². The molecule has 0 bridgehead atoms. The van der Waals surface area contributed by atoms with Gasteiger partial charge in [0.05, 0.1) is 11.6 Å². The summed E-state index contributed by atoms with van der Waals surface area (Å²) < 4.78 is 52.6. The van der Waals surface area contributed by atoms with Crippen molar-refractivity contribution in [3.05, 3.63) is 145 Å². The minimum Gasteiger partial charge on any atom is -0.452 e. The second-order valence-corrected chi connectivity index (χ2v) is 12.0. The Hall–Kier alpha value is -4.83. The molecule has 5 heteroatoms. The maximum Gasteiger partial charge on any atom is 0.180 e. The number of aromatic nitrogens is 2. The van der Waals surface area contributed by atoms with Gasteiger partial charge in [-0.2, -0.15) is 0 Å². The summed E-state index contributed by atoms with van der Waals surface area (Å²) in [5.41, 5.74) is 6.24. The molecule has 0 amide bonds. The molecule has 4 heterocycles. The van der Waals surface area contributed by atoms with Gasteiger partial charge in [0.15, 0.2) is 17.1 Å². The van der Waals surface area contributed by atoms with Crippen molar-refractivity contribution < 1.29 is 36.1 Å². The zero-order chi connectivity index (χ0) is 36.0. The van der Waals surface area contributed by atoms with Gasteiger partial charge in [0.25, 0.3) is 0 Å². The molecule has 0 saturated carbocycles. The smallest absolute Gasteiger partial charge is 0.180 e. The van der Waals surface area contributed by atoms with E-state index in [0.29, 0.717) is 16.8 Å². The van der Waals surface area contributed by atoms with Gasteiger partial charge < -0.3 is 19.1 Å². The Morgan fingerprint density at radius 1 is 0.745 bits per heavy atom. The van der Waals surface area contributed by atoms with Gasteiger partial charge in [-0.25, -0.2) is 0 Å². The molecule has 0 aliphatic carbocycles. The number of rotatable bonds is 3. The van der Waals surface area contributed by atoms with E-state index < -0.39 is 18.6 Å². The van der Waals surface area contributed by atoms with Crippen LogP contribution in [0.15, 0.2) is 126 Å². The number of fused-ring (bicyclic) bond motifs is 7. The van der Waals surface area contributed by atoms with E-state index >= 15 is 0 Å². The first-order chi connectivity index (χ1) is 24.3. The third-order valence-electron chi connectivity index (χ3n) is 7.47. The molecule has 8 rings (SSSR count). The zero-order valence-corrected chi connectivity index (χ0v) is 28.5. The number of furan rings is 1. The fraction of sp³-hybridized carbons (Fsp3) is 0.143. The first kappa shape index (κ1) is 26.3. The molecular weight excluding hydrogens is 757 g/mol. The van der Waals surface area contributed by atoms with Gasteiger partial charge in [-0.05, 0) is 47.2 Å². The Labute approximate surface area is 296 Å². The zero-order valence-electron chi connectivity index (χ0n) is 31.1. The summed E-state index contributed by atoms with van der Waals surface area (Å²) in [6, 6.07) is 41.2. The van der Waals surface area contributed by atoms with Crippen LogP contribution in [0.2, 0.25) is 0 Å². The molecule has 7 aromatic rings. The largest absolute Gasteiger partial charge is 0.452 e. The average molecular weight is 796 g/mol. The number of aryl methyl sites for hydroxylation is 1.